The molecule has 1 spiro atoms. The van der Waals surface area contributed by atoms with Gasteiger partial charge in [-0.1, -0.05) is 0 Å². The number of nitrogens with one attached hydrogen (secondary N) is 1. The van der Waals surface area contributed by atoms with Crippen molar-refractivity contribution in [2.24, 2.45) is 0 Å². The summed E-state index contributed by atoms with van der Waals surface area (Å²) >= 11 is 1.88. The predicted octanol–water partition coefficient (Wildman–Crippen LogP) is -0.449. The molecule has 0 aliphatic carbocycles. The van der Waals surface area contributed by atoms with Crippen molar-refractivity contribution in [2.75, 3.05) is 13.2 Å². The average molecular weight is 173 g/mol. The van der Waals surface area contributed by atoms with Crippen molar-refractivity contribution in [2.45, 2.75) is 28.7 Å². The Labute approximate surface area is 69.5 Å². The standard InChI is InChI=1S/C7H11NO2S/c9-4-3-10-7-5(11-7)1-2-8-6(4)7/h4-6,8-9H,1-3H2/t4-,5?,6+,7-/m0/s1. The first-order chi connectivity index (χ1) is 5.33. The van der Waals surface area contributed by atoms with Gasteiger partial charge in [0, 0.05) is 5.25 Å². The Hall–Kier alpha value is 0.230. The normalized spacial score (nSPS) is 60.3. The van der Waals surface area contributed by atoms with Crippen LogP contribution in [0, 0.1) is 0 Å². The van der Waals surface area contributed by atoms with Crippen LogP contribution in [-0.2, 0) is 4.74 Å². The van der Waals surface area contributed by atoms with Crippen LogP contribution in [0.4, 0.5) is 0 Å². The van der Waals surface area contributed by atoms with Crippen LogP contribution >= 0.6 is 11.8 Å². The zero-order valence-corrected chi connectivity index (χ0v) is 6.93. The smallest absolute Gasteiger partial charge is 0.144 e. The second kappa shape index (κ2) is 1.93. The summed E-state index contributed by atoms with van der Waals surface area (Å²) in [5, 5.41) is 13.5. The van der Waals surface area contributed by atoms with E-state index in [1.54, 1.807) is 0 Å². The summed E-state index contributed by atoms with van der Waals surface area (Å²) in [6.45, 7) is 1.55. The first-order valence-electron chi connectivity index (χ1n) is 4.06. The summed E-state index contributed by atoms with van der Waals surface area (Å²) < 4.78 is 5.58. The lowest BCUT2D eigenvalue weighted by Gasteiger charge is -2.24. The van der Waals surface area contributed by atoms with Gasteiger partial charge in [0.05, 0.1) is 18.8 Å². The molecule has 3 saturated heterocycles. The lowest BCUT2D eigenvalue weighted by atomic mass is 10.00. The number of aliphatic hydroxyl groups is 1. The highest BCUT2D eigenvalue weighted by atomic mass is 32.2. The fourth-order valence-electron chi connectivity index (χ4n) is 2.17. The fraction of sp³-hybridized carbons (Fsp3) is 1.00. The van der Waals surface area contributed by atoms with E-state index in [1.807, 2.05) is 11.8 Å². The van der Waals surface area contributed by atoms with Gasteiger partial charge in [-0.15, -0.1) is 11.8 Å². The van der Waals surface area contributed by atoms with Crippen LogP contribution in [0.1, 0.15) is 6.42 Å². The van der Waals surface area contributed by atoms with E-state index in [4.69, 9.17) is 4.74 Å². The Morgan fingerprint density at radius 3 is 3.36 bits per heavy atom. The van der Waals surface area contributed by atoms with Gasteiger partial charge in [-0.2, -0.15) is 0 Å². The second-order valence-corrected chi connectivity index (χ2v) is 4.87. The first-order valence-corrected chi connectivity index (χ1v) is 4.94. The zero-order chi connectivity index (χ0) is 7.47. The third-order valence-electron chi connectivity index (χ3n) is 2.79. The summed E-state index contributed by atoms with van der Waals surface area (Å²) in [4.78, 5) is -0.0162. The molecule has 3 fully saturated rings. The Bertz CT molecular complexity index is 201. The molecule has 11 heavy (non-hydrogen) atoms. The molecule has 3 heterocycles. The Balaban J connectivity index is 1.91. The molecule has 4 atom stereocenters. The first kappa shape index (κ1) is 6.71. The van der Waals surface area contributed by atoms with Crippen molar-refractivity contribution in [1.29, 1.82) is 0 Å². The third kappa shape index (κ3) is 0.710. The minimum absolute atomic E-state index is 0.0162. The summed E-state index contributed by atoms with van der Waals surface area (Å²) in [5.41, 5.74) is 0. The van der Waals surface area contributed by atoms with Crippen molar-refractivity contribution < 1.29 is 9.84 Å². The molecule has 0 saturated carbocycles. The van der Waals surface area contributed by atoms with Gasteiger partial charge in [-0.05, 0) is 13.0 Å². The van der Waals surface area contributed by atoms with Crippen LogP contribution in [0.15, 0.2) is 0 Å². The molecule has 3 nitrogen and oxygen atoms in total. The highest BCUT2D eigenvalue weighted by molar-refractivity contribution is 8.08. The number of hydrogen-bond acceptors (Lipinski definition) is 4. The van der Waals surface area contributed by atoms with Gasteiger partial charge >= 0.3 is 0 Å². The lowest BCUT2D eigenvalue weighted by molar-refractivity contribution is 0.0793. The van der Waals surface area contributed by atoms with E-state index in [0.717, 1.165) is 6.54 Å². The molecule has 3 aliphatic rings. The highest BCUT2D eigenvalue weighted by Gasteiger charge is 2.68. The number of hydrogen-bond donors (Lipinski definition) is 2. The van der Waals surface area contributed by atoms with Crippen molar-refractivity contribution in [1.82, 2.24) is 5.32 Å². The van der Waals surface area contributed by atoms with Gasteiger partial charge in [-0.25, -0.2) is 0 Å². The van der Waals surface area contributed by atoms with Crippen molar-refractivity contribution in [3.05, 3.63) is 0 Å². The topological polar surface area (TPSA) is 41.5 Å². The number of piperidine rings is 1. The zero-order valence-electron chi connectivity index (χ0n) is 6.12. The van der Waals surface area contributed by atoms with Crippen molar-refractivity contribution in [3.63, 3.8) is 0 Å². The van der Waals surface area contributed by atoms with Crippen molar-refractivity contribution >= 4 is 11.8 Å². The monoisotopic (exact) mass is 173 g/mol. The van der Waals surface area contributed by atoms with Crippen LogP contribution in [0.3, 0.4) is 0 Å². The molecule has 0 amide bonds. The van der Waals surface area contributed by atoms with E-state index in [1.165, 1.54) is 6.42 Å². The predicted molar refractivity (Wildman–Crippen MR) is 42.5 cm³/mol. The van der Waals surface area contributed by atoms with E-state index in [9.17, 15) is 5.11 Å². The van der Waals surface area contributed by atoms with Crippen LogP contribution in [0.2, 0.25) is 0 Å². The molecular weight excluding hydrogens is 162 g/mol. The quantitative estimate of drug-likeness (QED) is 0.487. The Kier molecular flexibility index (Phi) is 1.18. The molecule has 2 N–H and O–H groups in total. The maximum absolute atomic E-state index is 9.52. The fourth-order valence-corrected chi connectivity index (χ4v) is 3.63. The summed E-state index contributed by atoms with van der Waals surface area (Å²) in [6, 6.07) is 0.200. The summed E-state index contributed by atoms with van der Waals surface area (Å²) in [5.74, 6) is 0. The summed E-state index contributed by atoms with van der Waals surface area (Å²) in [7, 11) is 0. The van der Waals surface area contributed by atoms with E-state index in [2.05, 4.69) is 5.32 Å². The highest BCUT2D eigenvalue weighted by Crippen LogP contribution is 2.62. The molecule has 0 radical (unpaired) electrons. The van der Waals surface area contributed by atoms with E-state index >= 15 is 0 Å². The molecule has 0 bridgehead atoms. The molecule has 62 valence electrons. The summed E-state index contributed by atoms with van der Waals surface area (Å²) in [6.07, 6.45) is 0.904. The minimum Gasteiger partial charge on any atom is -0.389 e. The Morgan fingerprint density at radius 2 is 2.55 bits per heavy atom. The van der Waals surface area contributed by atoms with Gasteiger partial charge in [-0.3, -0.25) is 0 Å². The van der Waals surface area contributed by atoms with E-state index in [-0.39, 0.29) is 17.1 Å². The number of thioether (sulfide) groups is 1. The van der Waals surface area contributed by atoms with Gasteiger partial charge in [0.15, 0.2) is 0 Å². The number of rotatable bonds is 0. The molecule has 3 aliphatic heterocycles. The van der Waals surface area contributed by atoms with Crippen LogP contribution < -0.4 is 5.32 Å². The van der Waals surface area contributed by atoms with Gasteiger partial charge in [0.25, 0.3) is 0 Å². The second-order valence-electron chi connectivity index (χ2n) is 3.43. The molecule has 3 rings (SSSR count). The minimum atomic E-state index is -0.284. The lowest BCUT2D eigenvalue weighted by Crippen LogP contribution is -2.50. The van der Waals surface area contributed by atoms with E-state index in [0.29, 0.717) is 11.9 Å². The number of ether oxygens (including phenoxy) is 1. The van der Waals surface area contributed by atoms with E-state index < -0.39 is 0 Å². The Morgan fingerprint density at radius 1 is 1.64 bits per heavy atom. The van der Waals surface area contributed by atoms with Gasteiger partial charge in [0.1, 0.15) is 4.93 Å². The largest absolute Gasteiger partial charge is 0.389 e. The molecule has 4 heteroatoms. The third-order valence-corrected chi connectivity index (χ3v) is 4.43. The maximum Gasteiger partial charge on any atom is 0.144 e. The molecule has 0 aromatic rings. The van der Waals surface area contributed by atoms with Crippen molar-refractivity contribution in [3.8, 4) is 0 Å². The van der Waals surface area contributed by atoms with Gasteiger partial charge in [0.2, 0.25) is 0 Å². The molecule has 0 aromatic heterocycles. The van der Waals surface area contributed by atoms with Crippen LogP contribution in [0.25, 0.3) is 0 Å². The SMILES string of the molecule is O[C@H]1CO[C@]23SC2CCN[C@H]13. The molecular formula is C7H11NO2S. The van der Waals surface area contributed by atoms with Crippen LogP contribution in [-0.4, -0.2) is 40.6 Å². The maximum atomic E-state index is 9.52. The number of aliphatic hydroxyl groups excluding tert-OH is 1. The molecule has 1 unspecified atom stereocenters. The molecule has 0 aromatic carbocycles. The van der Waals surface area contributed by atoms with Gasteiger partial charge < -0.3 is 15.2 Å². The van der Waals surface area contributed by atoms with Crippen LogP contribution in [0.5, 0.6) is 0 Å². The average Bonchev–Trinajstić information content (AvgIpc) is 2.66.